The molecule has 6 rings (SSSR count). The molecular formula is C29H25FN2O6S. The van der Waals surface area contributed by atoms with Crippen LogP contribution in [0.1, 0.15) is 45.9 Å². The first-order valence-electron chi connectivity index (χ1n) is 12.5. The molecule has 0 atom stereocenters. The predicted molar refractivity (Wildman–Crippen MR) is 143 cm³/mol. The third-order valence-electron chi connectivity index (χ3n) is 7.45. The van der Waals surface area contributed by atoms with Crippen molar-refractivity contribution in [1.82, 2.24) is 8.87 Å². The number of halogens is 1. The summed E-state index contributed by atoms with van der Waals surface area (Å²) in [6.07, 6.45) is 2.98. The molecule has 1 fully saturated rings. The standard InChI is InChI=1S/C29H25FN2O6S/c1-16-3-7-20(8-4-16)39(36,37)31-13-17-11-23(25(30)12-18(17)14-31)21-9-10-22-26(28(21)38-2)32(19-5-6-19)15-24(27(22)33)29(34)35/h3-4,7-12,15,19H,5-6,13-14H2,1-2H3,(H,34,35). The van der Waals surface area contributed by atoms with E-state index in [1.165, 1.54) is 29.7 Å². The number of aromatic nitrogens is 1. The molecular weight excluding hydrogens is 523 g/mol. The molecule has 200 valence electrons. The maximum absolute atomic E-state index is 15.6. The molecule has 1 aliphatic carbocycles. The Hall–Kier alpha value is -4.02. The average molecular weight is 549 g/mol. The number of aromatic carboxylic acids is 1. The molecule has 10 heteroatoms. The second kappa shape index (κ2) is 9.03. The molecule has 2 aliphatic rings. The number of aryl methyl sites for hydroxylation is 1. The number of rotatable bonds is 6. The van der Waals surface area contributed by atoms with Gasteiger partial charge >= 0.3 is 5.97 Å². The van der Waals surface area contributed by atoms with Gasteiger partial charge in [0, 0.05) is 36.5 Å². The summed E-state index contributed by atoms with van der Waals surface area (Å²) in [6.45, 7) is 2.02. The molecule has 1 aliphatic heterocycles. The van der Waals surface area contributed by atoms with Crippen LogP contribution >= 0.6 is 0 Å². The Morgan fingerprint density at radius 2 is 1.69 bits per heavy atom. The van der Waals surface area contributed by atoms with Crippen LogP contribution in [-0.4, -0.2) is 35.5 Å². The molecule has 0 amide bonds. The molecule has 0 saturated heterocycles. The number of pyridine rings is 1. The highest BCUT2D eigenvalue weighted by Gasteiger charge is 2.33. The van der Waals surface area contributed by atoms with E-state index in [4.69, 9.17) is 4.74 Å². The molecule has 39 heavy (non-hydrogen) atoms. The lowest BCUT2D eigenvalue weighted by atomic mass is 9.97. The van der Waals surface area contributed by atoms with E-state index in [1.807, 2.05) is 6.92 Å². The minimum absolute atomic E-state index is 0.0146. The first-order chi connectivity index (χ1) is 18.6. The monoisotopic (exact) mass is 548 g/mol. The van der Waals surface area contributed by atoms with Crippen LogP contribution in [0.15, 0.2) is 64.4 Å². The lowest BCUT2D eigenvalue weighted by Gasteiger charge is -2.18. The third-order valence-corrected chi connectivity index (χ3v) is 9.26. The smallest absolute Gasteiger partial charge is 0.341 e. The van der Waals surface area contributed by atoms with Crippen molar-refractivity contribution in [2.45, 2.75) is 43.8 Å². The number of carbonyl (C=O) groups is 1. The molecule has 2 heterocycles. The van der Waals surface area contributed by atoms with Crippen LogP contribution in [0.25, 0.3) is 22.0 Å². The van der Waals surface area contributed by atoms with E-state index < -0.39 is 27.2 Å². The number of benzene rings is 3. The highest BCUT2D eigenvalue weighted by molar-refractivity contribution is 7.89. The van der Waals surface area contributed by atoms with Gasteiger partial charge in [-0.15, -0.1) is 0 Å². The largest absolute Gasteiger partial charge is 0.494 e. The Morgan fingerprint density at radius 1 is 1.03 bits per heavy atom. The van der Waals surface area contributed by atoms with Crippen LogP contribution in [0, 0.1) is 12.7 Å². The summed E-state index contributed by atoms with van der Waals surface area (Å²) in [7, 11) is -2.36. The van der Waals surface area contributed by atoms with Crippen LogP contribution in [0.4, 0.5) is 4.39 Å². The van der Waals surface area contributed by atoms with Crippen molar-refractivity contribution < 1.29 is 27.4 Å². The third kappa shape index (κ3) is 4.11. The second-order valence-corrected chi connectivity index (χ2v) is 12.0. The number of methoxy groups -OCH3 is 1. The molecule has 1 N–H and O–H groups in total. The quantitative estimate of drug-likeness (QED) is 0.369. The summed E-state index contributed by atoms with van der Waals surface area (Å²) in [6, 6.07) is 12.6. The molecule has 1 saturated carbocycles. The number of carboxylic acids is 1. The summed E-state index contributed by atoms with van der Waals surface area (Å²) < 4.78 is 50.9. The first kappa shape index (κ1) is 25.3. The highest BCUT2D eigenvalue weighted by atomic mass is 32.2. The zero-order chi connectivity index (χ0) is 27.6. The van der Waals surface area contributed by atoms with Crippen molar-refractivity contribution in [3.63, 3.8) is 0 Å². The number of carboxylic acid groups (broad SMARTS) is 1. The van der Waals surface area contributed by atoms with Crippen LogP contribution in [-0.2, 0) is 23.1 Å². The maximum atomic E-state index is 15.6. The Bertz CT molecular complexity index is 1840. The van der Waals surface area contributed by atoms with Crippen LogP contribution < -0.4 is 10.2 Å². The topological polar surface area (TPSA) is 106 Å². The molecule has 0 unspecified atom stereocenters. The lowest BCUT2D eigenvalue weighted by molar-refractivity contribution is 0.0694. The van der Waals surface area contributed by atoms with Gasteiger partial charge in [0.05, 0.1) is 22.9 Å². The van der Waals surface area contributed by atoms with Gasteiger partial charge in [0.15, 0.2) is 5.75 Å². The minimum atomic E-state index is -3.78. The number of ether oxygens (including phenoxy) is 1. The molecule has 1 aromatic heterocycles. The van der Waals surface area contributed by atoms with E-state index in [9.17, 15) is 23.1 Å². The molecule has 0 spiro atoms. The van der Waals surface area contributed by atoms with E-state index >= 15 is 4.39 Å². The number of hydrogen-bond donors (Lipinski definition) is 1. The van der Waals surface area contributed by atoms with Crippen molar-refractivity contribution in [2.24, 2.45) is 0 Å². The van der Waals surface area contributed by atoms with E-state index in [0.717, 1.165) is 18.4 Å². The maximum Gasteiger partial charge on any atom is 0.341 e. The number of hydrogen-bond acceptors (Lipinski definition) is 5. The van der Waals surface area contributed by atoms with Gasteiger partial charge in [-0.1, -0.05) is 17.7 Å². The summed E-state index contributed by atoms with van der Waals surface area (Å²) in [5.74, 6) is -1.60. The molecule has 4 aromatic rings. The van der Waals surface area contributed by atoms with Crippen molar-refractivity contribution in [3.05, 3.63) is 93.0 Å². The van der Waals surface area contributed by atoms with Gasteiger partial charge in [0.2, 0.25) is 15.5 Å². The Balaban J connectivity index is 1.46. The summed E-state index contributed by atoms with van der Waals surface area (Å²) in [5.41, 5.74) is 2.24. The van der Waals surface area contributed by atoms with Crippen molar-refractivity contribution in [1.29, 1.82) is 0 Å². The number of nitrogens with zero attached hydrogens (tertiary/aromatic N) is 2. The Kier molecular flexibility index (Phi) is 5.85. The zero-order valence-corrected chi connectivity index (χ0v) is 22.1. The molecule has 0 bridgehead atoms. The van der Waals surface area contributed by atoms with Gasteiger partial charge in [-0.3, -0.25) is 4.79 Å². The van der Waals surface area contributed by atoms with E-state index in [2.05, 4.69) is 0 Å². The normalized spacial score (nSPS) is 15.5. The van der Waals surface area contributed by atoms with E-state index in [1.54, 1.807) is 41.0 Å². The van der Waals surface area contributed by atoms with Crippen molar-refractivity contribution in [2.75, 3.05) is 7.11 Å². The zero-order valence-electron chi connectivity index (χ0n) is 21.3. The molecule has 3 aromatic carbocycles. The molecule has 8 nitrogen and oxygen atoms in total. The van der Waals surface area contributed by atoms with Gasteiger partial charge in [-0.2, -0.15) is 4.31 Å². The average Bonchev–Trinajstić information content (AvgIpc) is 3.66. The van der Waals surface area contributed by atoms with Gasteiger partial charge in [0.1, 0.15) is 11.4 Å². The van der Waals surface area contributed by atoms with Gasteiger partial charge < -0.3 is 14.4 Å². The van der Waals surface area contributed by atoms with Gasteiger partial charge in [0.25, 0.3) is 0 Å². The van der Waals surface area contributed by atoms with Crippen LogP contribution in [0.5, 0.6) is 5.75 Å². The van der Waals surface area contributed by atoms with Crippen molar-refractivity contribution in [3.8, 4) is 16.9 Å². The first-order valence-corrected chi connectivity index (χ1v) is 13.9. The van der Waals surface area contributed by atoms with Crippen LogP contribution in [0.2, 0.25) is 0 Å². The second-order valence-electron chi connectivity index (χ2n) is 10.0. The van der Waals surface area contributed by atoms with E-state index in [-0.39, 0.29) is 46.3 Å². The predicted octanol–water partition coefficient (Wildman–Crippen LogP) is 4.86. The highest BCUT2D eigenvalue weighted by Crippen LogP contribution is 2.44. The fraction of sp³-hybridized carbons (Fsp3) is 0.241. The fourth-order valence-electron chi connectivity index (χ4n) is 5.26. The number of sulfonamides is 1. The number of fused-ring (bicyclic) bond motifs is 2. The Labute approximate surface area is 223 Å². The lowest BCUT2D eigenvalue weighted by Crippen LogP contribution is -2.25. The Morgan fingerprint density at radius 3 is 2.31 bits per heavy atom. The van der Waals surface area contributed by atoms with E-state index in [0.29, 0.717) is 22.2 Å². The fourth-order valence-corrected chi connectivity index (χ4v) is 6.65. The van der Waals surface area contributed by atoms with Crippen molar-refractivity contribution >= 4 is 26.9 Å². The van der Waals surface area contributed by atoms with Gasteiger partial charge in [-0.05, 0) is 67.3 Å². The summed E-state index contributed by atoms with van der Waals surface area (Å²) in [4.78, 5) is 24.9. The van der Waals surface area contributed by atoms with Gasteiger partial charge in [-0.25, -0.2) is 17.6 Å². The minimum Gasteiger partial charge on any atom is -0.494 e. The molecule has 0 radical (unpaired) electrons. The van der Waals surface area contributed by atoms with Crippen LogP contribution in [0.3, 0.4) is 0 Å². The SMILES string of the molecule is COc1c(-c2cc3c(cc2F)CN(S(=O)(=O)c2ccc(C)cc2)C3)ccc2c(=O)c(C(=O)O)cn(C3CC3)c12. The summed E-state index contributed by atoms with van der Waals surface area (Å²) >= 11 is 0. The summed E-state index contributed by atoms with van der Waals surface area (Å²) in [5, 5.41) is 9.74.